The summed E-state index contributed by atoms with van der Waals surface area (Å²) in [6.07, 6.45) is 3.34. The zero-order chi connectivity index (χ0) is 21.6. The van der Waals surface area contributed by atoms with Gasteiger partial charge in [0.2, 0.25) is 0 Å². The quantitative estimate of drug-likeness (QED) is 0.453. The van der Waals surface area contributed by atoms with E-state index in [0.29, 0.717) is 17.1 Å². The number of methoxy groups -OCH3 is 1. The van der Waals surface area contributed by atoms with Crippen LogP contribution in [0.1, 0.15) is 15.9 Å². The molecule has 6 nitrogen and oxygen atoms in total. The van der Waals surface area contributed by atoms with Gasteiger partial charge in [-0.15, -0.1) is 0 Å². The van der Waals surface area contributed by atoms with Crippen molar-refractivity contribution in [1.82, 2.24) is 9.97 Å². The molecule has 154 valence electrons. The Hall–Kier alpha value is -4.19. The van der Waals surface area contributed by atoms with Crippen LogP contribution in [0.5, 0.6) is 17.5 Å². The molecule has 1 aromatic heterocycles. The molecule has 0 saturated heterocycles. The molecule has 0 fully saturated rings. The molecule has 6 heteroatoms. The number of hydrogen-bond donors (Lipinski definition) is 1. The fraction of sp³-hybridized carbons (Fsp3) is 0.0800. The highest BCUT2D eigenvalue weighted by molar-refractivity contribution is 6.05. The molecule has 0 aliphatic rings. The molecule has 0 bridgehead atoms. The minimum atomic E-state index is -0.171. The van der Waals surface area contributed by atoms with Gasteiger partial charge in [0.15, 0.2) is 0 Å². The van der Waals surface area contributed by atoms with Gasteiger partial charge in [0.25, 0.3) is 5.91 Å². The van der Waals surface area contributed by atoms with Crippen LogP contribution < -0.4 is 14.8 Å². The summed E-state index contributed by atoms with van der Waals surface area (Å²) in [5.41, 5.74) is 3.97. The third-order valence-electron chi connectivity index (χ3n) is 4.73. The van der Waals surface area contributed by atoms with E-state index >= 15 is 0 Å². The van der Waals surface area contributed by atoms with Crippen LogP contribution in [0.2, 0.25) is 0 Å². The topological polar surface area (TPSA) is 73.3 Å². The van der Waals surface area contributed by atoms with Crippen LogP contribution in [0, 0.1) is 6.92 Å². The van der Waals surface area contributed by atoms with Gasteiger partial charge >= 0.3 is 6.01 Å². The van der Waals surface area contributed by atoms with Gasteiger partial charge in [-0.1, -0.05) is 36.4 Å². The molecule has 0 radical (unpaired) electrons. The van der Waals surface area contributed by atoms with Crippen molar-refractivity contribution in [3.8, 4) is 28.6 Å². The summed E-state index contributed by atoms with van der Waals surface area (Å²) in [5.74, 6) is 1.10. The van der Waals surface area contributed by atoms with Gasteiger partial charge in [0.1, 0.15) is 11.5 Å². The Morgan fingerprint density at radius 3 is 2.35 bits per heavy atom. The Morgan fingerprint density at radius 1 is 0.839 bits per heavy atom. The number of para-hydroxylation sites is 1. The highest BCUT2D eigenvalue weighted by Crippen LogP contribution is 2.25. The molecule has 4 rings (SSSR count). The van der Waals surface area contributed by atoms with Gasteiger partial charge in [-0.3, -0.25) is 4.79 Å². The van der Waals surface area contributed by atoms with Crippen LogP contribution in [0.15, 0.2) is 85.2 Å². The Kier molecular flexibility index (Phi) is 5.89. The van der Waals surface area contributed by atoms with Crippen molar-refractivity contribution in [3.63, 3.8) is 0 Å². The number of anilines is 1. The minimum absolute atomic E-state index is 0.171. The summed E-state index contributed by atoms with van der Waals surface area (Å²) in [6, 6.07) is 22.5. The third-order valence-corrected chi connectivity index (χ3v) is 4.73. The minimum Gasteiger partial charge on any atom is -0.497 e. The first-order valence-corrected chi connectivity index (χ1v) is 9.74. The predicted molar refractivity (Wildman–Crippen MR) is 120 cm³/mol. The molecule has 31 heavy (non-hydrogen) atoms. The summed E-state index contributed by atoms with van der Waals surface area (Å²) < 4.78 is 10.9. The summed E-state index contributed by atoms with van der Waals surface area (Å²) in [4.78, 5) is 21.3. The lowest BCUT2D eigenvalue weighted by atomic mass is 10.1. The SMILES string of the molecule is COc1cccc(Oc2ncc(-c3cccc(C(=O)Nc4ccccc4C)c3)cn2)c1. The fourth-order valence-corrected chi connectivity index (χ4v) is 3.04. The second kappa shape index (κ2) is 9.09. The lowest BCUT2D eigenvalue weighted by Gasteiger charge is -2.09. The van der Waals surface area contributed by atoms with Crippen LogP contribution in [-0.4, -0.2) is 23.0 Å². The first-order chi connectivity index (χ1) is 15.1. The molecule has 0 unspecified atom stereocenters. The lowest BCUT2D eigenvalue weighted by molar-refractivity contribution is 0.102. The molecule has 0 spiro atoms. The Bertz CT molecular complexity index is 1210. The van der Waals surface area contributed by atoms with Crippen molar-refractivity contribution < 1.29 is 14.3 Å². The van der Waals surface area contributed by atoms with Crippen LogP contribution >= 0.6 is 0 Å². The number of aromatic nitrogens is 2. The molecular weight excluding hydrogens is 390 g/mol. The monoisotopic (exact) mass is 411 g/mol. The molecule has 1 heterocycles. The van der Waals surface area contributed by atoms with Crippen molar-refractivity contribution in [2.24, 2.45) is 0 Å². The number of amides is 1. The van der Waals surface area contributed by atoms with Gasteiger partial charge < -0.3 is 14.8 Å². The van der Waals surface area contributed by atoms with Crippen LogP contribution in [0.4, 0.5) is 5.69 Å². The van der Waals surface area contributed by atoms with Gasteiger partial charge in [0, 0.05) is 35.3 Å². The molecule has 0 saturated carbocycles. The van der Waals surface area contributed by atoms with E-state index < -0.39 is 0 Å². The van der Waals surface area contributed by atoms with Gasteiger partial charge in [-0.2, -0.15) is 0 Å². The van der Waals surface area contributed by atoms with Crippen LogP contribution in [0.3, 0.4) is 0 Å². The van der Waals surface area contributed by atoms with E-state index in [9.17, 15) is 4.79 Å². The fourth-order valence-electron chi connectivity index (χ4n) is 3.04. The van der Waals surface area contributed by atoms with E-state index in [2.05, 4.69) is 15.3 Å². The van der Waals surface area contributed by atoms with Crippen molar-refractivity contribution in [3.05, 3.63) is 96.3 Å². The first-order valence-electron chi connectivity index (χ1n) is 9.74. The second-order valence-corrected chi connectivity index (χ2v) is 6.89. The van der Waals surface area contributed by atoms with Gasteiger partial charge in [-0.25, -0.2) is 9.97 Å². The van der Waals surface area contributed by atoms with E-state index in [1.807, 2.05) is 61.5 Å². The second-order valence-electron chi connectivity index (χ2n) is 6.89. The Balaban J connectivity index is 1.49. The molecule has 1 amide bonds. The number of aryl methyl sites for hydroxylation is 1. The number of hydrogen-bond acceptors (Lipinski definition) is 5. The number of nitrogens with zero attached hydrogens (tertiary/aromatic N) is 2. The molecule has 0 aliphatic carbocycles. The summed E-state index contributed by atoms with van der Waals surface area (Å²) in [6.45, 7) is 1.96. The normalized spacial score (nSPS) is 10.4. The third kappa shape index (κ3) is 4.87. The van der Waals surface area contributed by atoms with E-state index in [0.717, 1.165) is 22.4 Å². The maximum Gasteiger partial charge on any atom is 0.321 e. The molecular formula is C25H21N3O3. The average Bonchev–Trinajstić information content (AvgIpc) is 2.81. The summed E-state index contributed by atoms with van der Waals surface area (Å²) in [7, 11) is 1.60. The Morgan fingerprint density at radius 2 is 1.58 bits per heavy atom. The van der Waals surface area contributed by atoms with Crippen LogP contribution in [-0.2, 0) is 0 Å². The predicted octanol–water partition coefficient (Wildman–Crippen LogP) is 5.51. The number of ether oxygens (including phenoxy) is 2. The molecule has 0 aliphatic heterocycles. The molecule has 1 N–H and O–H groups in total. The Labute approximate surface area is 180 Å². The van der Waals surface area contributed by atoms with Crippen molar-refractivity contribution in [2.75, 3.05) is 12.4 Å². The average molecular weight is 411 g/mol. The zero-order valence-corrected chi connectivity index (χ0v) is 17.2. The zero-order valence-electron chi connectivity index (χ0n) is 17.2. The van der Waals surface area contributed by atoms with Crippen LogP contribution in [0.25, 0.3) is 11.1 Å². The molecule has 0 atom stereocenters. The molecule has 3 aromatic carbocycles. The van der Waals surface area contributed by atoms with E-state index in [4.69, 9.17) is 9.47 Å². The maximum absolute atomic E-state index is 12.7. The van der Waals surface area contributed by atoms with Crippen molar-refractivity contribution >= 4 is 11.6 Å². The lowest BCUT2D eigenvalue weighted by Crippen LogP contribution is -2.12. The first kappa shape index (κ1) is 20.1. The highest BCUT2D eigenvalue weighted by atomic mass is 16.5. The highest BCUT2D eigenvalue weighted by Gasteiger charge is 2.10. The number of benzene rings is 3. The van der Waals surface area contributed by atoms with E-state index in [1.165, 1.54) is 0 Å². The maximum atomic E-state index is 12.7. The van der Waals surface area contributed by atoms with Gasteiger partial charge in [0.05, 0.1) is 7.11 Å². The summed E-state index contributed by atoms with van der Waals surface area (Å²) in [5, 5.41) is 2.95. The van der Waals surface area contributed by atoms with E-state index in [-0.39, 0.29) is 11.9 Å². The number of rotatable bonds is 6. The van der Waals surface area contributed by atoms with Crippen molar-refractivity contribution in [2.45, 2.75) is 6.92 Å². The standard InChI is InChI=1S/C25H21N3O3/c1-17-7-3-4-12-23(17)28-24(29)19-9-5-8-18(13-19)20-15-26-25(27-16-20)31-22-11-6-10-21(14-22)30-2/h3-16H,1-2H3,(H,28,29). The van der Waals surface area contributed by atoms with Crippen molar-refractivity contribution in [1.29, 1.82) is 0 Å². The van der Waals surface area contributed by atoms with E-state index in [1.54, 1.807) is 37.7 Å². The molecule has 4 aromatic rings. The van der Waals surface area contributed by atoms with Gasteiger partial charge in [-0.05, 0) is 48.4 Å². The number of carbonyl (C=O) groups is 1. The number of carbonyl (C=O) groups excluding carboxylic acids is 1. The largest absolute Gasteiger partial charge is 0.497 e. The smallest absolute Gasteiger partial charge is 0.321 e. The summed E-state index contributed by atoms with van der Waals surface area (Å²) >= 11 is 0. The number of nitrogens with one attached hydrogen (secondary N) is 1.